The van der Waals surface area contributed by atoms with Gasteiger partial charge in [-0.25, -0.2) is 0 Å². The van der Waals surface area contributed by atoms with Gasteiger partial charge in [-0.05, 0) is 43.4 Å². The Kier molecular flexibility index (Phi) is 5.75. The van der Waals surface area contributed by atoms with Gasteiger partial charge in [-0.1, -0.05) is 35.5 Å². The molecule has 1 aliphatic rings. The molecule has 0 N–H and O–H groups in total. The lowest BCUT2D eigenvalue weighted by atomic mass is 10.1. The fraction of sp³-hybridized carbons (Fsp3) is 0.364. The van der Waals surface area contributed by atoms with E-state index in [-0.39, 0.29) is 11.9 Å². The topological polar surface area (TPSA) is 72.1 Å². The van der Waals surface area contributed by atoms with E-state index in [9.17, 15) is 4.79 Å². The lowest BCUT2D eigenvalue weighted by Gasteiger charge is -2.24. The Hall–Kier alpha value is -3.02. The van der Waals surface area contributed by atoms with Crippen molar-refractivity contribution in [2.24, 2.45) is 0 Å². The van der Waals surface area contributed by atoms with Crippen molar-refractivity contribution in [2.75, 3.05) is 6.54 Å². The molecule has 3 heterocycles. The third-order valence-electron chi connectivity index (χ3n) is 5.25. The fourth-order valence-corrected chi connectivity index (χ4v) is 3.76. The van der Waals surface area contributed by atoms with Crippen molar-refractivity contribution in [1.82, 2.24) is 20.0 Å². The molecule has 0 radical (unpaired) electrons. The molecule has 6 nitrogen and oxygen atoms in total. The molecule has 1 atom stereocenters. The molecule has 1 aliphatic heterocycles. The summed E-state index contributed by atoms with van der Waals surface area (Å²) < 4.78 is 5.35. The highest BCUT2D eigenvalue weighted by atomic mass is 16.5. The van der Waals surface area contributed by atoms with E-state index >= 15 is 0 Å². The second-order valence-corrected chi connectivity index (χ2v) is 7.16. The van der Waals surface area contributed by atoms with Crippen molar-refractivity contribution >= 4 is 5.91 Å². The molecule has 1 aromatic carbocycles. The van der Waals surface area contributed by atoms with E-state index in [0.29, 0.717) is 24.6 Å². The molecule has 6 heteroatoms. The third kappa shape index (κ3) is 4.44. The predicted octanol–water partition coefficient (Wildman–Crippen LogP) is 3.69. The highest BCUT2D eigenvalue weighted by molar-refractivity contribution is 5.77. The summed E-state index contributed by atoms with van der Waals surface area (Å²) in [7, 11) is 0. The number of aryl methyl sites for hydroxylation is 2. The zero-order chi connectivity index (χ0) is 19.2. The zero-order valence-corrected chi connectivity index (χ0v) is 15.8. The molecular formula is C22H24N4O2. The molecule has 1 fully saturated rings. The van der Waals surface area contributed by atoms with Crippen molar-refractivity contribution in [3.05, 3.63) is 66.2 Å². The van der Waals surface area contributed by atoms with Crippen LogP contribution in [0.5, 0.6) is 0 Å². The number of hydrogen-bond acceptors (Lipinski definition) is 5. The Morgan fingerprint density at radius 1 is 1.14 bits per heavy atom. The highest BCUT2D eigenvalue weighted by Crippen LogP contribution is 2.23. The quantitative estimate of drug-likeness (QED) is 0.629. The number of benzene rings is 1. The maximum absolute atomic E-state index is 12.7. The van der Waals surface area contributed by atoms with Gasteiger partial charge in [0.2, 0.25) is 5.91 Å². The number of carbonyl (C=O) groups excluding carboxylic acids is 1. The SMILES string of the molecule is O=C(CCc1ccccc1)N1CCCC1CCc1noc(-c2cccnc2)n1. The molecule has 1 saturated heterocycles. The summed E-state index contributed by atoms with van der Waals surface area (Å²) in [5.41, 5.74) is 2.03. The van der Waals surface area contributed by atoms with Gasteiger partial charge in [0, 0.05) is 37.8 Å². The molecule has 0 aliphatic carbocycles. The molecule has 3 aromatic rings. The van der Waals surface area contributed by atoms with Crippen LogP contribution < -0.4 is 0 Å². The lowest BCUT2D eigenvalue weighted by Crippen LogP contribution is -2.36. The van der Waals surface area contributed by atoms with Crippen LogP contribution in [0.3, 0.4) is 0 Å². The first kappa shape index (κ1) is 18.3. The summed E-state index contributed by atoms with van der Waals surface area (Å²) in [5, 5.41) is 4.08. The van der Waals surface area contributed by atoms with Crippen molar-refractivity contribution in [3.63, 3.8) is 0 Å². The number of hydrogen-bond donors (Lipinski definition) is 0. The van der Waals surface area contributed by atoms with Crippen LogP contribution in [0.25, 0.3) is 11.5 Å². The van der Waals surface area contributed by atoms with Crippen molar-refractivity contribution < 1.29 is 9.32 Å². The fourth-order valence-electron chi connectivity index (χ4n) is 3.76. The lowest BCUT2D eigenvalue weighted by molar-refractivity contribution is -0.132. The van der Waals surface area contributed by atoms with Gasteiger partial charge in [0.15, 0.2) is 5.82 Å². The molecule has 28 heavy (non-hydrogen) atoms. The van der Waals surface area contributed by atoms with Crippen LogP contribution in [-0.4, -0.2) is 38.5 Å². The first-order chi connectivity index (χ1) is 13.8. The van der Waals surface area contributed by atoms with Gasteiger partial charge in [0.05, 0.1) is 5.56 Å². The van der Waals surface area contributed by atoms with Gasteiger partial charge >= 0.3 is 0 Å². The van der Waals surface area contributed by atoms with Crippen LogP contribution in [0, 0.1) is 0 Å². The van der Waals surface area contributed by atoms with Crippen LogP contribution in [0.2, 0.25) is 0 Å². The number of likely N-dealkylation sites (tertiary alicyclic amines) is 1. The molecule has 1 unspecified atom stereocenters. The van der Waals surface area contributed by atoms with Crippen LogP contribution in [0.4, 0.5) is 0 Å². The number of pyridine rings is 1. The minimum Gasteiger partial charge on any atom is -0.340 e. The average molecular weight is 376 g/mol. The van der Waals surface area contributed by atoms with Crippen LogP contribution >= 0.6 is 0 Å². The number of carbonyl (C=O) groups is 1. The van der Waals surface area contributed by atoms with Crippen LogP contribution in [-0.2, 0) is 17.6 Å². The number of rotatable bonds is 7. The summed E-state index contributed by atoms with van der Waals surface area (Å²) in [6.45, 7) is 0.853. The van der Waals surface area contributed by atoms with E-state index in [1.165, 1.54) is 5.56 Å². The first-order valence-electron chi connectivity index (χ1n) is 9.86. The maximum atomic E-state index is 12.7. The summed E-state index contributed by atoms with van der Waals surface area (Å²) in [6.07, 6.45) is 8.46. The second-order valence-electron chi connectivity index (χ2n) is 7.16. The summed E-state index contributed by atoms with van der Waals surface area (Å²) in [6, 6.07) is 14.2. The van der Waals surface area contributed by atoms with Crippen molar-refractivity contribution in [1.29, 1.82) is 0 Å². The van der Waals surface area contributed by atoms with Crippen LogP contribution in [0.1, 0.15) is 37.1 Å². The van der Waals surface area contributed by atoms with Gasteiger partial charge in [0.25, 0.3) is 5.89 Å². The molecule has 144 valence electrons. The van der Waals surface area contributed by atoms with E-state index in [2.05, 4.69) is 27.3 Å². The van der Waals surface area contributed by atoms with Crippen molar-refractivity contribution in [2.45, 2.75) is 44.6 Å². The molecular weight excluding hydrogens is 352 g/mol. The van der Waals surface area contributed by atoms with E-state index in [0.717, 1.165) is 37.8 Å². The first-order valence-corrected chi connectivity index (χ1v) is 9.86. The Morgan fingerprint density at radius 2 is 2.04 bits per heavy atom. The second kappa shape index (κ2) is 8.78. The Balaban J connectivity index is 1.30. The van der Waals surface area contributed by atoms with Gasteiger partial charge in [-0.2, -0.15) is 4.98 Å². The van der Waals surface area contributed by atoms with Gasteiger partial charge in [-0.15, -0.1) is 0 Å². The molecule has 2 aromatic heterocycles. The molecule has 0 bridgehead atoms. The molecule has 0 spiro atoms. The molecule has 0 saturated carbocycles. The highest BCUT2D eigenvalue weighted by Gasteiger charge is 2.28. The van der Waals surface area contributed by atoms with Crippen molar-refractivity contribution in [3.8, 4) is 11.5 Å². The minimum absolute atomic E-state index is 0.246. The normalized spacial score (nSPS) is 16.4. The molecule has 1 amide bonds. The monoisotopic (exact) mass is 376 g/mol. The predicted molar refractivity (Wildman–Crippen MR) is 105 cm³/mol. The Bertz CT molecular complexity index is 895. The smallest absolute Gasteiger partial charge is 0.259 e. The zero-order valence-electron chi connectivity index (χ0n) is 15.8. The molecule has 4 rings (SSSR count). The largest absolute Gasteiger partial charge is 0.340 e. The summed E-state index contributed by atoms with van der Waals surface area (Å²) in [5.74, 6) is 1.42. The standard InChI is InChI=1S/C22H24N4O2/c27-21(13-10-17-6-2-1-3-7-17)26-15-5-9-19(26)11-12-20-24-22(28-25-20)18-8-4-14-23-16-18/h1-4,6-8,14,16,19H,5,9-13,15H2. The Labute approximate surface area is 164 Å². The van der Waals surface area contributed by atoms with Gasteiger partial charge in [0.1, 0.15) is 0 Å². The third-order valence-corrected chi connectivity index (χ3v) is 5.25. The number of nitrogens with zero attached hydrogens (tertiary/aromatic N) is 4. The van der Waals surface area contributed by atoms with E-state index in [1.54, 1.807) is 12.4 Å². The summed E-state index contributed by atoms with van der Waals surface area (Å²) in [4.78, 5) is 23.3. The Morgan fingerprint density at radius 3 is 2.86 bits per heavy atom. The van der Waals surface area contributed by atoms with E-state index in [1.807, 2.05) is 35.2 Å². The number of amides is 1. The maximum Gasteiger partial charge on any atom is 0.259 e. The minimum atomic E-state index is 0.246. The summed E-state index contributed by atoms with van der Waals surface area (Å²) >= 11 is 0. The van der Waals surface area contributed by atoms with E-state index < -0.39 is 0 Å². The number of aromatic nitrogens is 3. The van der Waals surface area contributed by atoms with Gasteiger partial charge in [-0.3, -0.25) is 9.78 Å². The van der Waals surface area contributed by atoms with E-state index in [4.69, 9.17) is 4.52 Å². The van der Waals surface area contributed by atoms with Gasteiger partial charge < -0.3 is 9.42 Å². The van der Waals surface area contributed by atoms with Crippen LogP contribution in [0.15, 0.2) is 59.4 Å². The average Bonchev–Trinajstić information content (AvgIpc) is 3.41.